The average Bonchev–Trinajstić information content (AvgIpc) is 3.25. The van der Waals surface area contributed by atoms with Gasteiger partial charge in [0.05, 0.1) is 6.26 Å². The zero-order chi connectivity index (χ0) is 19.0. The van der Waals surface area contributed by atoms with Gasteiger partial charge in [0.25, 0.3) is 23.2 Å². The molecule has 10 heteroatoms. The van der Waals surface area contributed by atoms with E-state index in [0.717, 1.165) is 4.52 Å². The zero-order valence-corrected chi connectivity index (χ0v) is 14.7. The number of amides is 2. The molecular formula is C17H18N6O4. The smallest absolute Gasteiger partial charge is 0.289 e. The number of aromatic nitrogens is 4. The summed E-state index contributed by atoms with van der Waals surface area (Å²) in [6.45, 7) is 3.36. The Bertz CT molecular complexity index is 1050. The van der Waals surface area contributed by atoms with Gasteiger partial charge in [-0.15, -0.1) is 0 Å². The maximum atomic E-state index is 12.8. The van der Waals surface area contributed by atoms with Gasteiger partial charge >= 0.3 is 0 Å². The molecule has 0 radical (unpaired) electrons. The second-order valence-corrected chi connectivity index (χ2v) is 6.34. The number of hydrogen-bond acceptors (Lipinski definition) is 6. The molecule has 27 heavy (non-hydrogen) atoms. The molecule has 4 rings (SSSR count). The number of carbonyl (C=O) groups excluding carboxylic acids is 2. The molecule has 1 N–H and O–H groups in total. The van der Waals surface area contributed by atoms with Crippen LogP contribution < -0.4 is 5.56 Å². The maximum Gasteiger partial charge on any atom is 0.289 e. The quantitative estimate of drug-likeness (QED) is 0.694. The van der Waals surface area contributed by atoms with Gasteiger partial charge in [0.15, 0.2) is 5.76 Å². The van der Waals surface area contributed by atoms with Gasteiger partial charge < -0.3 is 14.2 Å². The van der Waals surface area contributed by atoms with Crippen LogP contribution in [0.1, 0.15) is 33.2 Å². The standard InChI is InChI=1S/C17H18N6O4/c1-11-19-17-18-10-12(15(25)23(17)20-11)14(24)21-5-3-6-22(8-7-21)16(26)13-4-2-9-27-13/h2,4,9-10H,3,5-8H2,1H3,(H,18,19,20). The Hall–Kier alpha value is -3.43. The zero-order valence-electron chi connectivity index (χ0n) is 14.7. The van der Waals surface area contributed by atoms with Gasteiger partial charge in [0, 0.05) is 32.4 Å². The summed E-state index contributed by atoms with van der Waals surface area (Å²) >= 11 is 0. The van der Waals surface area contributed by atoms with E-state index in [0.29, 0.717) is 38.4 Å². The monoisotopic (exact) mass is 370 g/mol. The van der Waals surface area contributed by atoms with Crippen molar-refractivity contribution in [3.8, 4) is 0 Å². The highest BCUT2D eigenvalue weighted by Gasteiger charge is 2.26. The predicted octanol–water partition coefficient (Wildman–Crippen LogP) is 0.307. The Labute approximate surface area is 153 Å². The molecule has 1 aliphatic rings. The molecule has 1 aliphatic heterocycles. The van der Waals surface area contributed by atoms with Gasteiger partial charge in [-0.05, 0) is 25.5 Å². The molecule has 0 atom stereocenters. The lowest BCUT2D eigenvalue weighted by molar-refractivity contribution is 0.0699. The Kier molecular flexibility index (Phi) is 4.22. The molecule has 0 spiro atoms. The molecule has 0 aliphatic carbocycles. The summed E-state index contributed by atoms with van der Waals surface area (Å²) in [5.41, 5.74) is -0.514. The molecule has 1 fully saturated rings. The molecule has 10 nitrogen and oxygen atoms in total. The number of carbonyl (C=O) groups is 2. The first kappa shape index (κ1) is 17.0. The lowest BCUT2D eigenvalue weighted by atomic mass is 10.2. The van der Waals surface area contributed by atoms with E-state index in [1.54, 1.807) is 28.9 Å². The van der Waals surface area contributed by atoms with Crippen LogP contribution in [0.2, 0.25) is 0 Å². The fraction of sp³-hybridized carbons (Fsp3) is 0.353. The molecule has 0 saturated carbocycles. The van der Waals surface area contributed by atoms with E-state index in [4.69, 9.17) is 4.42 Å². The van der Waals surface area contributed by atoms with Crippen LogP contribution in [0.5, 0.6) is 0 Å². The Morgan fingerprint density at radius 3 is 2.59 bits per heavy atom. The van der Waals surface area contributed by atoms with Crippen LogP contribution in [-0.2, 0) is 0 Å². The summed E-state index contributed by atoms with van der Waals surface area (Å²) in [7, 11) is 0. The average molecular weight is 370 g/mol. The van der Waals surface area contributed by atoms with Crippen LogP contribution in [0, 0.1) is 6.92 Å². The van der Waals surface area contributed by atoms with E-state index < -0.39 is 11.5 Å². The lowest BCUT2D eigenvalue weighted by Gasteiger charge is -2.21. The van der Waals surface area contributed by atoms with Crippen molar-refractivity contribution in [2.75, 3.05) is 26.2 Å². The van der Waals surface area contributed by atoms with Crippen LogP contribution in [-0.4, -0.2) is 67.4 Å². The number of fused-ring (bicyclic) bond motifs is 1. The molecule has 3 aromatic rings. The van der Waals surface area contributed by atoms with Crippen molar-refractivity contribution in [2.24, 2.45) is 0 Å². The normalized spacial score (nSPS) is 15.1. The SMILES string of the molecule is Cc1nc2ncc(C(=O)N3CCCN(C(=O)c4ccco4)CC3)c(=O)n2[nH]1. The number of aromatic amines is 1. The van der Waals surface area contributed by atoms with E-state index in [2.05, 4.69) is 15.1 Å². The van der Waals surface area contributed by atoms with Gasteiger partial charge in [-0.1, -0.05) is 0 Å². The van der Waals surface area contributed by atoms with Crippen molar-refractivity contribution in [2.45, 2.75) is 13.3 Å². The first-order valence-electron chi connectivity index (χ1n) is 8.61. The molecule has 0 aromatic carbocycles. The maximum absolute atomic E-state index is 12.8. The molecule has 0 bridgehead atoms. The highest BCUT2D eigenvalue weighted by molar-refractivity contribution is 5.94. The fourth-order valence-electron chi connectivity index (χ4n) is 3.16. The van der Waals surface area contributed by atoms with Crippen molar-refractivity contribution in [1.82, 2.24) is 29.4 Å². The van der Waals surface area contributed by atoms with E-state index in [9.17, 15) is 14.4 Å². The van der Waals surface area contributed by atoms with Crippen molar-refractivity contribution >= 4 is 17.6 Å². The summed E-state index contributed by atoms with van der Waals surface area (Å²) in [4.78, 5) is 49.2. The summed E-state index contributed by atoms with van der Waals surface area (Å²) in [6.07, 6.45) is 3.32. The molecule has 1 saturated heterocycles. The first-order valence-corrected chi connectivity index (χ1v) is 8.61. The van der Waals surface area contributed by atoms with Crippen LogP contribution in [0.25, 0.3) is 5.78 Å². The van der Waals surface area contributed by atoms with Crippen molar-refractivity contribution in [3.63, 3.8) is 0 Å². The molecule has 0 unspecified atom stereocenters. The minimum absolute atomic E-state index is 0.0260. The number of furan rings is 1. The fourth-order valence-corrected chi connectivity index (χ4v) is 3.16. The van der Waals surface area contributed by atoms with E-state index in [-0.39, 0.29) is 23.0 Å². The van der Waals surface area contributed by atoms with Crippen molar-refractivity contribution in [1.29, 1.82) is 0 Å². The van der Waals surface area contributed by atoms with Crippen LogP contribution >= 0.6 is 0 Å². The highest BCUT2D eigenvalue weighted by atomic mass is 16.3. The van der Waals surface area contributed by atoms with Gasteiger partial charge in [-0.25, -0.2) is 4.98 Å². The Balaban J connectivity index is 1.52. The summed E-state index contributed by atoms with van der Waals surface area (Å²) in [5, 5.41) is 2.77. The van der Waals surface area contributed by atoms with Gasteiger partial charge in [0.1, 0.15) is 11.4 Å². The Morgan fingerprint density at radius 1 is 1.15 bits per heavy atom. The predicted molar refractivity (Wildman–Crippen MR) is 93.5 cm³/mol. The van der Waals surface area contributed by atoms with Gasteiger partial charge in [-0.3, -0.25) is 19.5 Å². The lowest BCUT2D eigenvalue weighted by Crippen LogP contribution is -2.39. The molecule has 4 heterocycles. The first-order chi connectivity index (χ1) is 13.0. The summed E-state index contributed by atoms with van der Waals surface area (Å²) in [5.74, 6) is 0.426. The van der Waals surface area contributed by atoms with E-state index >= 15 is 0 Å². The van der Waals surface area contributed by atoms with Crippen LogP contribution in [0.15, 0.2) is 33.8 Å². The number of nitrogens with one attached hydrogen (secondary N) is 1. The minimum atomic E-state index is -0.488. The highest BCUT2D eigenvalue weighted by Crippen LogP contribution is 2.11. The van der Waals surface area contributed by atoms with Crippen LogP contribution in [0.3, 0.4) is 0 Å². The number of hydrogen-bond donors (Lipinski definition) is 1. The van der Waals surface area contributed by atoms with Gasteiger partial charge in [0.2, 0.25) is 0 Å². The molecule has 140 valence electrons. The van der Waals surface area contributed by atoms with E-state index in [1.807, 2.05) is 0 Å². The third kappa shape index (κ3) is 3.09. The molecular weight excluding hydrogens is 352 g/mol. The third-order valence-electron chi connectivity index (χ3n) is 4.52. The molecule has 2 amide bonds. The Morgan fingerprint density at radius 2 is 1.89 bits per heavy atom. The number of H-pyrrole nitrogens is 1. The summed E-state index contributed by atoms with van der Waals surface area (Å²) in [6, 6.07) is 3.28. The second-order valence-electron chi connectivity index (χ2n) is 6.34. The van der Waals surface area contributed by atoms with E-state index in [1.165, 1.54) is 12.5 Å². The second kappa shape index (κ2) is 6.71. The minimum Gasteiger partial charge on any atom is -0.459 e. The third-order valence-corrected chi connectivity index (χ3v) is 4.52. The topological polar surface area (TPSA) is 117 Å². The molecule has 3 aromatic heterocycles. The van der Waals surface area contributed by atoms with Crippen molar-refractivity contribution in [3.05, 3.63) is 52.1 Å². The van der Waals surface area contributed by atoms with Gasteiger partial charge in [-0.2, -0.15) is 9.50 Å². The largest absolute Gasteiger partial charge is 0.459 e. The number of rotatable bonds is 2. The summed E-state index contributed by atoms with van der Waals surface area (Å²) < 4.78 is 6.32. The van der Waals surface area contributed by atoms with Crippen molar-refractivity contribution < 1.29 is 14.0 Å². The number of nitrogens with zero attached hydrogens (tertiary/aromatic N) is 5. The number of aryl methyl sites for hydroxylation is 1. The van der Waals surface area contributed by atoms with Crippen LogP contribution in [0.4, 0.5) is 0 Å².